The van der Waals surface area contributed by atoms with E-state index in [-0.39, 0.29) is 12.2 Å². The zero-order valence-electron chi connectivity index (χ0n) is 12.0. The normalized spacial score (nSPS) is 16.1. The molecule has 0 heterocycles. The Kier molecular flexibility index (Phi) is 9.92. The predicted molar refractivity (Wildman–Crippen MR) is 70.3 cm³/mol. The summed E-state index contributed by atoms with van der Waals surface area (Å²) in [7, 11) is 0. The Labute approximate surface area is 110 Å². The van der Waals surface area contributed by atoms with Gasteiger partial charge in [-0.15, -0.1) is 0 Å². The van der Waals surface area contributed by atoms with Gasteiger partial charge < -0.3 is 19.9 Å². The lowest BCUT2D eigenvalue weighted by Gasteiger charge is -2.18. The number of ether oxygens (including phenoxy) is 3. The van der Waals surface area contributed by atoms with Crippen molar-refractivity contribution in [2.75, 3.05) is 19.8 Å². The predicted octanol–water partition coefficient (Wildman–Crippen LogP) is 1.49. The minimum absolute atomic E-state index is 0.00157. The number of esters is 1. The molecule has 108 valence electrons. The second kappa shape index (κ2) is 10.3. The fourth-order valence-electron chi connectivity index (χ4n) is 1.18. The summed E-state index contributed by atoms with van der Waals surface area (Å²) in [6, 6.07) is -0.595. The van der Waals surface area contributed by atoms with Gasteiger partial charge in [-0.05, 0) is 27.2 Å². The molecule has 2 N–H and O–H groups in total. The van der Waals surface area contributed by atoms with Crippen molar-refractivity contribution in [3.8, 4) is 0 Å². The fraction of sp³-hybridized carbons (Fsp3) is 0.923. The van der Waals surface area contributed by atoms with Gasteiger partial charge in [-0.25, -0.2) is 0 Å². The van der Waals surface area contributed by atoms with Crippen LogP contribution in [-0.4, -0.2) is 44.0 Å². The minimum atomic E-state index is -0.595. The topological polar surface area (TPSA) is 70.8 Å². The molecule has 3 unspecified atom stereocenters. The van der Waals surface area contributed by atoms with Crippen molar-refractivity contribution in [3.63, 3.8) is 0 Å². The minimum Gasteiger partial charge on any atom is -0.459 e. The lowest BCUT2D eigenvalue weighted by atomic mass is 10.3. The maximum Gasteiger partial charge on any atom is 0.322 e. The van der Waals surface area contributed by atoms with Crippen LogP contribution in [0.15, 0.2) is 0 Å². The van der Waals surface area contributed by atoms with E-state index in [0.29, 0.717) is 13.2 Å². The number of nitrogens with two attached hydrogens (primary N) is 1. The fourth-order valence-corrected chi connectivity index (χ4v) is 1.18. The molecule has 0 aliphatic rings. The Morgan fingerprint density at radius 1 is 1.17 bits per heavy atom. The summed E-state index contributed by atoms with van der Waals surface area (Å²) in [6.45, 7) is 9.12. The Bertz CT molecular complexity index is 221. The first-order valence-corrected chi connectivity index (χ1v) is 6.62. The van der Waals surface area contributed by atoms with Gasteiger partial charge in [0, 0.05) is 6.61 Å². The SMILES string of the molecule is CCCCOCC(C)OCC(C)OC(=O)C(C)N. The van der Waals surface area contributed by atoms with Crippen LogP contribution in [0, 0.1) is 0 Å². The van der Waals surface area contributed by atoms with Crippen LogP contribution in [0.5, 0.6) is 0 Å². The molecule has 5 nitrogen and oxygen atoms in total. The molecular weight excluding hydrogens is 234 g/mol. The summed E-state index contributed by atoms with van der Waals surface area (Å²) in [4.78, 5) is 11.2. The van der Waals surface area contributed by atoms with Gasteiger partial charge >= 0.3 is 5.97 Å². The van der Waals surface area contributed by atoms with Gasteiger partial charge in [0.2, 0.25) is 0 Å². The van der Waals surface area contributed by atoms with E-state index in [1.54, 1.807) is 13.8 Å². The first-order chi connectivity index (χ1) is 8.47. The zero-order valence-corrected chi connectivity index (χ0v) is 12.0. The standard InChI is InChI=1S/C13H27NO4/c1-5-6-7-16-8-10(2)17-9-11(3)18-13(15)12(4)14/h10-12H,5-9,14H2,1-4H3. The third-order valence-electron chi connectivity index (χ3n) is 2.30. The highest BCUT2D eigenvalue weighted by molar-refractivity contribution is 5.75. The first kappa shape index (κ1) is 17.4. The van der Waals surface area contributed by atoms with Crippen molar-refractivity contribution < 1.29 is 19.0 Å². The highest BCUT2D eigenvalue weighted by Crippen LogP contribution is 2.00. The van der Waals surface area contributed by atoms with Gasteiger partial charge in [-0.1, -0.05) is 13.3 Å². The van der Waals surface area contributed by atoms with Gasteiger partial charge in [-0.3, -0.25) is 4.79 Å². The highest BCUT2D eigenvalue weighted by Gasteiger charge is 2.14. The van der Waals surface area contributed by atoms with Crippen LogP contribution in [0.3, 0.4) is 0 Å². The summed E-state index contributed by atoms with van der Waals surface area (Å²) in [5, 5.41) is 0. The highest BCUT2D eigenvalue weighted by atomic mass is 16.6. The number of hydrogen-bond donors (Lipinski definition) is 1. The van der Waals surface area contributed by atoms with Crippen molar-refractivity contribution in [1.82, 2.24) is 0 Å². The number of rotatable bonds is 10. The molecule has 0 spiro atoms. The van der Waals surface area contributed by atoms with Crippen LogP contribution >= 0.6 is 0 Å². The van der Waals surface area contributed by atoms with Crippen LogP contribution in [-0.2, 0) is 19.0 Å². The maximum atomic E-state index is 11.2. The largest absolute Gasteiger partial charge is 0.459 e. The monoisotopic (exact) mass is 261 g/mol. The second-order valence-electron chi connectivity index (χ2n) is 4.61. The van der Waals surface area contributed by atoms with Crippen LogP contribution in [0.4, 0.5) is 0 Å². The van der Waals surface area contributed by atoms with Gasteiger partial charge in [-0.2, -0.15) is 0 Å². The molecule has 0 aromatic heterocycles. The molecule has 0 rings (SSSR count). The Morgan fingerprint density at radius 3 is 2.39 bits per heavy atom. The zero-order chi connectivity index (χ0) is 14.0. The first-order valence-electron chi connectivity index (χ1n) is 6.62. The van der Waals surface area contributed by atoms with Crippen molar-refractivity contribution in [3.05, 3.63) is 0 Å². The number of hydrogen-bond acceptors (Lipinski definition) is 5. The molecule has 18 heavy (non-hydrogen) atoms. The van der Waals surface area contributed by atoms with E-state index in [4.69, 9.17) is 19.9 Å². The molecule has 3 atom stereocenters. The summed E-state index contributed by atoms with van der Waals surface area (Å²) in [5.74, 6) is -0.405. The van der Waals surface area contributed by atoms with Crippen molar-refractivity contribution in [2.24, 2.45) is 5.73 Å². The van der Waals surface area contributed by atoms with Gasteiger partial charge in [0.1, 0.15) is 12.1 Å². The molecule has 0 aliphatic heterocycles. The van der Waals surface area contributed by atoms with Gasteiger partial charge in [0.15, 0.2) is 0 Å². The molecular formula is C13H27NO4. The van der Waals surface area contributed by atoms with Crippen molar-refractivity contribution >= 4 is 5.97 Å². The Hall–Kier alpha value is -0.650. The van der Waals surface area contributed by atoms with Crippen molar-refractivity contribution in [2.45, 2.75) is 58.8 Å². The third kappa shape index (κ3) is 9.39. The van der Waals surface area contributed by atoms with Crippen LogP contribution in [0.25, 0.3) is 0 Å². The van der Waals surface area contributed by atoms with Gasteiger partial charge in [0.25, 0.3) is 0 Å². The summed E-state index contributed by atoms with van der Waals surface area (Å²) in [5.41, 5.74) is 5.40. The Balaban J connectivity index is 3.58. The van der Waals surface area contributed by atoms with E-state index in [2.05, 4.69) is 6.92 Å². The van der Waals surface area contributed by atoms with E-state index in [0.717, 1.165) is 19.4 Å². The molecule has 0 amide bonds. The Morgan fingerprint density at radius 2 is 1.83 bits per heavy atom. The van der Waals surface area contributed by atoms with E-state index in [1.807, 2.05) is 6.92 Å². The molecule has 0 bridgehead atoms. The van der Waals surface area contributed by atoms with E-state index < -0.39 is 12.0 Å². The van der Waals surface area contributed by atoms with E-state index in [9.17, 15) is 4.79 Å². The molecule has 0 aromatic carbocycles. The summed E-state index contributed by atoms with van der Waals surface area (Å²) in [6.07, 6.45) is 1.90. The molecule has 0 saturated heterocycles. The molecule has 5 heteroatoms. The molecule has 0 aromatic rings. The summed E-state index contributed by atoms with van der Waals surface area (Å²) < 4.78 is 16.0. The average Bonchev–Trinajstić information content (AvgIpc) is 2.32. The number of carbonyl (C=O) groups is 1. The number of unbranched alkanes of at least 4 members (excludes halogenated alkanes) is 1. The van der Waals surface area contributed by atoms with Crippen molar-refractivity contribution in [1.29, 1.82) is 0 Å². The van der Waals surface area contributed by atoms with E-state index in [1.165, 1.54) is 0 Å². The quantitative estimate of drug-likeness (QED) is 0.476. The van der Waals surface area contributed by atoms with Crippen LogP contribution in [0.2, 0.25) is 0 Å². The smallest absolute Gasteiger partial charge is 0.322 e. The molecule has 0 aliphatic carbocycles. The lowest BCUT2D eigenvalue weighted by molar-refractivity contribution is -0.153. The van der Waals surface area contributed by atoms with Gasteiger partial charge in [0.05, 0.1) is 19.3 Å². The lowest BCUT2D eigenvalue weighted by Crippen LogP contribution is -2.33. The van der Waals surface area contributed by atoms with Crippen LogP contribution < -0.4 is 5.73 Å². The van der Waals surface area contributed by atoms with Crippen LogP contribution in [0.1, 0.15) is 40.5 Å². The molecule has 0 fully saturated rings. The average molecular weight is 261 g/mol. The number of carbonyl (C=O) groups excluding carboxylic acids is 1. The third-order valence-corrected chi connectivity index (χ3v) is 2.30. The molecule has 0 radical (unpaired) electrons. The second-order valence-corrected chi connectivity index (χ2v) is 4.61. The van der Waals surface area contributed by atoms with E-state index >= 15 is 0 Å². The molecule has 0 saturated carbocycles. The summed E-state index contributed by atoms with van der Waals surface area (Å²) >= 11 is 0. The maximum absolute atomic E-state index is 11.2.